The number of carbonyl (C=O) groups is 1. The van der Waals surface area contributed by atoms with Gasteiger partial charge in [0, 0.05) is 55.3 Å². The summed E-state index contributed by atoms with van der Waals surface area (Å²) in [6, 6.07) is 17.6. The van der Waals surface area contributed by atoms with E-state index >= 15 is 0 Å². The molecule has 5 rings (SSSR count). The van der Waals surface area contributed by atoms with Gasteiger partial charge in [-0.15, -0.1) is 12.4 Å². The summed E-state index contributed by atoms with van der Waals surface area (Å²) in [5.41, 5.74) is 5.29. The number of carbonyl (C=O) groups excluding carboxylic acids is 1. The molecule has 3 aromatic rings. The van der Waals surface area contributed by atoms with E-state index in [1.807, 2.05) is 42.8 Å². The molecule has 4 atom stereocenters. The summed E-state index contributed by atoms with van der Waals surface area (Å²) in [6.45, 7) is 21.3. The smallest absolute Gasteiger partial charge is 0.153 e. The third-order valence-electron chi connectivity index (χ3n) is 11.9. The van der Waals surface area contributed by atoms with E-state index in [-0.39, 0.29) is 41.7 Å². The van der Waals surface area contributed by atoms with Gasteiger partial charge in [0.15, 0.2) is 6.29 Å². The molecule has 3 aromatic carbocycles. The largest absolute Gasteiger partial charge is 0.507 e. The van der Waals surface area contributed by atoms with Gasteiger partial charge in [0.2, 0.25) is 0 Å². The number of aldehydes is 1. The van der Waals surface area contributed by atoms with E-state index in [0.29, 0.717) is 23.9 Å². The third-order valence-corrected chi connectivity index (χ3v) is 12.4. The fraction of sp³-hybridized carbons (Fsp3) is 0.562. The predicted octanol–water partition coefficient (Wildman–Crippen LogP) is 9.88. The van der Waals surface area contributed by atoms with Crippen molar-refractivity contribution in [1.29, 1.82) is 0 Å². The van der Waals surface area contributed by atoms with Crippen molar-refractivity contribution in [2.45, 2.75) is 137 Å². The van der Waals surface area contributed by atoms with Gasteiger partial charge >= 0.3 is 0 Å². The van der Waals surface area contributed by atoms with Crippen molar-refractivity contribution in [3.05, 3.63) is 88.0 Å². The van der Waals surface area contributed by atoms with Crippen LogP contribution in [0.15, 0.2) is 64.6 Å². The van der Waals surface area contributed by atoms with Crippen molar-refractivity contribution >= 4 is 54.7 Å². The van der Waals surface area contributed by atoms with Crippen LogP contribution in [0.2, 0.25) is 0 Å². The average Bonchev–Trinajstić information content (AvgIpc) is 3.30. The molecule has 0 heterocycles. The Morgan fingerprint density at radius 3 is 1.16 bits per heavy atom. The molecule has 62 heavy (non-hydrogen) atoms. The van der Waals surface area contributed by atoms with Crippen molar-refractivity contribution in [3.8, 4) is 17.2 Å². The molecule has 2 aliphatic carbocycles. The van der Waals surface area contributed by atoms with Crippen molar-refractivity contribution in [2.75, 3.05) is 39.3 Å². The number of nitrogens with one attached hydrogen (secondary N) is 2. The quantitative estimate of drug-likeness (QED) is 0.0453. The van der Waals surface area contributed by atoms with Gasteiger partial charge in [-0.2, -0.15) is 0 Å². The lowest BCUT2D eigenvalue weighted by molar-refractivity contribution is 0.112. The van der Waals surface area contributed by atoms with Crippen molar-refractivity contribution in [3.63, 3.8) is 0 Å². The second-order valence-electron chi connectivity index (χ2n) is 15.9. The SMILES string of the molecule is CCN(CC)Cc1ccc(O)c(C=N[C@@H]2CCCC[C@H]2N=Cc2cc(CN(CC)CC)ccc2O)c1.CCN(CC)Cc1ccc(O)c(C=O)c1.Cl.ClN[C@@H]1CCCC[C@H]1NCl. The maximum atomic E-state index is 10.6. The highest BCUT2D eigenvalue weighted by Crippen LogP contribution is 2.27. The predicted molar refractivity (Wildman–Crippen MR) is 262 cm³/mol. The van der Waals surface area contributed by atoms with Gasteiger partial charge in [-0.3, -0.25) is 29.5 Å². The number of aliphatic imine (C=N–C) groups is 2. The molecule has 5 N–H and O–H groups in total. The number of halogens is 3. The Morgan fingerprint density at radius 1 is 0.548 bits per heavy atom. The standard InChI is InChI=1S/C30H44N4O2.C12H17NO2.C6H12Cl2N2.ClH/c1-5-33(6-2)21-23-13-15-29(35)25(17-23)19-31-27-11-9-10-12-28(27)32-20-26-18-24(14-16-30(26)36)22-34(7-3)8-4;1-3-13(4-2)8-10-5-6-12(15)11(7-10)9-14;7-9-5-3-1-2-4-6(5)10-8;/h13-20,27-28,35-36H,5-12,21-22H2,1-4H3;5-7,9,15H,3-4,8H2,1-2H3;5-6,9-10H,1-4H2;1H/t27-,28-;;5-,6-;/m1.1./s1. The molecule has 0 bridgehead atoms. The van der Waals surface area contributed by atoms with Crippen molar-refractivity contribution in [1.82, 2.24) is 24.4 Å². The van der Waals surface area contributed by atoms with E-state index in [4.69, 9.17) is 33.5 Å². The minimum atomic E-state index is 0. The van der Waals surface area contributed by atoms with Crippen LogP contribution in [0.1, 0.15) is 131 Å². The summed E-state index contributed by atoms with van der Waals surface area (Å²) in [4.78, 5) is 32.8. The number of phenolic OH excluding ortho intramolecular Hbond substituents is 3. The number of hydrogen-bond acceptors (Lipinski definition) is 11. The van der Waals surface area contributed by atoms with Crippen LogP contribution < -0.4 is 9.67 Å². The van der Waals surface area contributed by atoms with E-state index in [1.54, 1.807) is 24.3 Å². The zero-order chi connectivity index (χ0) is 44.6. The Balaban J connectivity index is 0.000000414. The molecule has 0 aliphatic heterocycles. The topological polar surface area (TPSA) is 136 Å². The highest BCUT2D eigenvalue weighted by atomic mass is 35.5. The lowest BCUT2D eigenvalue weighted by Gasteiger charge is -2.28. The summed E-state index contributed by atoms with van der Waals surface area (Å²) in [5, 5.41) is 30.2. The van der Waals surface area contributed by atoms with Crippen molar-refractivity contribution in [2.24, 2.45) is 9.98 Å². The fourth-order valence-corrected chi connectivity index (χ4v) is 8.23. The minimum Gasteiger partial charge on any atom is -0.507 e. The highest BCUT2D eigenvalue weighted by Gasteiger charge is 2.24. The van der Waals surface area contributed by atoms with Crippen LogP contribution in [0, 0.1) is 0 Å². The van der Waals surface area contributed by atoms with Crippen LogP contribution in [0.5, 0.6) is 17.2 Å². The Kier molecular flexibility index (Phi) is 27.2. The first-order valence-electron chi connectivity index (χ1n) is 22.4. The first kappa shape index (κ1) is 54.9. The van der Waals surface area contributed by atoms with Crippen LogP contribution in [-0.2, 0) is 19.6 Å². The Bertz CT molecular complexity index is 1680. The number of hydrogen-bond donors (Lipinski definition) is 5. The van der Waals surface area contributed by atoms with Gasteiger partial charge < -0.3 is 15.3 Å². The summed E-state index contributed by atoms with van der Waals surface area (Å²) in [5.74, 6) is 0.564. The monoisotopic (exact) mass is 917 g/mol. The fourth-order valence-electron chi connectivity index (χ4n) is 7.71. The molecule has 14 heteroatoms. The molecule has 2 fully saturated rings. The second kappa shape index (κ2) is 30.8. The summed E-state index contributed by atoms with van der Waals surface area (Å²) < 4.78 is 0. The first-order valence-corrected chi connectivity index (χ1v) is 23.2. The molecular weight excluding hydrogens is 845 g/mol. The maximum absolute atomic E-state index is 10.6. The van der Waals surface area contributed by atoms with Crippen molar-refractivity contribution < 1.29 is 20.1 Å². The molecule has 11 nitrogen and oxygen atoms in total. The third kappa shape index (κ3) is 18.5. The van der Waals surface area contributed by atoms with Crippen LogP contribution in [0.3, 0.4) is 0 Å². The normalized spacial score (nSPS) is 19.0. The molecule has 2 saturated carbocycles. The zero-order valence-electron chi connectivity index (χ0n) is 37.9. The van der Waals surface area contributed by atoms with Gasteiger partial charge in [0.1, 0.15) is 17.2 Å². The van der Waals surface area contributed by atoms with Gasteiger partial charge in [0.05, 0.1) is 17.6 Å². The van der Waals surface area contributed by atoms with Crippen LogP contribution >= 0.6 is 36.0 Å². The van der Waals surface area contributed by atoms with E-state index in [1.165, 1.54) is 24.0 Å². The lowest BCUT2D eigenvalue weighted by Crippen LogP contribution is -2.43. The van der Waals surface area contributed by atoms with Gasteiger partial charge in [-0.25, -0.2) is 9.67 Å². The molecule has 2 aliphatic rings. The Hall–Kier alpha value is -3.26. The minimum absolute atomic E-state index is 0. The molecular formula is C48H74Cl3N7O4. The molecule has 0 saturated heterocycles. The Morgan fingerprint density at radius 2 is 0.855 bits per heavy atom. The zero-order valence-corrected chi connectivity index (χ0v) is 40.2. The van der Waals surface area contributed by atoms with E-state index in [2.05, 4.69) is 65.9 Å². The van der Waals surface area contributed by atoms with Gasteiger partial charge in [-0.1, -0.05) is 85.4 Å². The molecule has 0 radical (unpaired) electrons. The van der Waals surface area contributed by atoms with Crippen LogP contribution in [0.25, 0.3) is 0 Å². The summed E-state index contributed by atoms with van der Waals surface area (Å²) in [6.07, 6.45) is 13.3. The average molecular weight is 920 g/mol. The Labute approximate surface area is 388 Å². The van der Waals surface area contributed by atoms with Gasteiger partial charge in [-0.05, 0) is 142 Å². The summed E-state index contributed by atoms with van der Waals surface area (Å²) in [7, 11) is 0. The molecule has 0 aromatic heterocycles. The number of aromatic hydroxyl groups is 3. The van der Waals surface area contributed by atoms with Gasteiger partial charge in [0.25, 0.3) is 0 Å². The lowest BCUT2D eigenvalue weighted by atomic mass is 9.91. The van der Waals surface area contributed by atoms with E-state index < -0.39 is 0 Å². The summed E-state index contributed by atoms with van der Waals surface area (Å²) >= 11 is 11.0. The number of phenols is 3. The number of benzene rings is 3. The highest BCUT2D eigenvalue weighted by molar-refractivity contribution is 6.14. The van der Waals surface area contributed by atoms with Crippen LogP contribution in [0.4, 0.5) is 0 Å². The van der Waals surface area contributed by atoms with E-state index in [9.17, 15) is 20.1 Å². The second-order valence-corrected chi connectivity index (χ2v) is 16.3. The maximum Gasteiger partial charge on any atom is 0.153 e. The van der Waals surface area contributed by atoms with E-state index in [0.717, 1.165) is 114 Å². The first-order chi connectivity index (χ1) is 29.6. The van der Waals surface area contributed by atoms with Crippen LogP contribution in [-0.4, -0.2) is 112 Å². The molecule has 0 amide bonds. The molecule has 0 spiro atoms. The molecule has 346 valence electrons. The number of nitrogens with zero attached hydrogens (tertiary/aromatic N) is 5. The number of rotatable bonds is 19. The molecule has 0 unspecified atom stereocenters.